The Morgan fingerprint density at radius 1 is 1.50 bits per heavy atom. The van der Waals surface area contributed by atoms with Crippen molar-refractivity contribution >= 4 is 17.5 Å². The van der Waals surface area contributed by atoms with E-state index in [4.69, 9.17) is 17.3 Å². The lowest BCUT2D eigenvalue weighted by molar-refractivity contribution is 0.0919. The van der Waals surface area contributed by atoms with Gasteiger partial charge in [0.25, 0.3) is 5.91 Å². The summed E-state index contributed by atoms with van der Waals surface area (Å²) in [6.45, 7) is 0.476. The van der Waals surface area contributed by atoms with E-state index in [0.29, 0.717) is 23.2 Å². The van der Waals surface area contributed by atoms with Crippen LogP contribution in [0.4, 0.5) is 0 Å². The van der Waals surface area contributed by atoms with Gasteiger partial charge in [-0.3, -0.25) is 4.79 Å². The fourth-order valence-corrected chi connectivity index (χ4v) is 2.59. The molecule has 5 heteroatoms. The maximum atomic E-state index is 12.0. The fraction of sp³-hybridized carbons (Fsp3) is 0.538. The third kappa shape index (κ3) is 3.21. The fourth-order valence-electron chi connectivity index (χ4n) is 2.48. The summed E-state index contributed by atoms with van der Waals surface area (Å²) in [6, 6.07) is 3.34. The summed E-state index contributed by atoms with van der Waals surface area (Å²) in [5.41, 5.74) is 6.13. The van der Waals surface area contributed by atoms with Crippen LogP contribution in [0.1, 0.15) is 36.2 Å². The molecule has 98 valence electrons. The Kier molecular flexibility index (Phi) is 4.55. The molecule has 18 heavy (non-hydrogen) atoms. The molecule has 1 aromatic rings. The summed E-state index contributed by atoms with van der Waals surface area (Å²) in [6.07, 6.45) is 6.24. The van der Waals surface area contributed by atoms with Crippen LogP contribution in [0.25, 0.3) is 0 Å². The number of pyridine rings is 1. The lowest BCUT2D eigenvalue weighted by atomic mass is 9.98. The molecule has 1 aliphatic carbocycles. The minimum atomic E-state index is -0.172. The highest BCUT2D eigenvalue weighted by molar-refractivity contribution is 6.30. The third-order valence-electron chi connectivity index (χ3n) is 3.50. The number of carbonyl (C=O) groups is 1. The van der Waals surface area contributed by atoms with E-state index in [-0.39, 0.29) is 11.9 Å². The molecule has 0 spiro atoms. The van der Waals surface area contributed by atoms with Crippen LogP contribution >= 0.6 is 11.6 Å². The van der Waals surface area contributed by atoms with E-state index in [0.717, 1.165) is 12.8 Å². The van der Waals surface area contributed by atoms with Crippen LogP contribution in [0.5, 0.6) is 0 Å². The van der Waals surface area contributed by atoms with E-state index in [2.05, 4.69) is 10.3 Å². The number of amides is 1. The minimum absolute atomic E-state index is 0.0532. The topological polar surface area (TPSA) is 68.0 Å². The van der Waals surface area contributed by atoms with Crippen molar-refractivity contribution in [1.29, 1.82) is 0 Å². The number of nitrogens with two attached hydrogens (primary N) is 1. The average molecular weight is 268 g/mol. The molecule has 1 amide bonds. The zero-order valence-electron chi connectivity index (χ0n) is 10.2. The second-order valence-corrected chi connectivity index (χ2v) is 5.16. The minimum Gasteiger partial charge on any atom is -0.346 e. The van der Waals surface area contributed by atoms with Crippen LogP contribution in [0, 0.1) is 5.92 Å². The molecule has 0 aliphatic heterocycles. The quantitative estimate of drug-likeness (QED) is 0.877. The number of nitrogens with zero attached hydrogens (tertiary/aromatic N) is 1. The predicted octanol–water partition coefficient (Wildman–Crippen LogP) is 1.98. The van der Waals surface area contributed by atoms with Crippen LogP contribution in [0.15, 0.2) is 18.3 Å². The van der Waals surface area contributed by atoms with Gasteiger partial charge in [-0.2, -0.15) is 0 Å². The molecule has 0 unspecified atom stereocenters. The van der Waals surface area contributed by atoms with Gasteiger partial charge in [-0.05, 0) is 30.9 Å². The van der Waals surface area contributed by atoms with Crippen LogP contribution < -0.4 is 11.1 Å². The average Bonchev–Trinajstić information content (AvgIpc) is 2.90. The smallest absolute Gasteiger partial charge is 0.270 e. The van der Waals surface area contributed by atoms with Gasteiger partial charge in [0.2, 0.25) is 0 Å². The molecule has 0 radical (unpaired) electrons. The zero-order chi connectivity index (χ0) is 13.0. The maximum Gasteiger partial charge on any atom is 0.270 e. The molecule has 1 atom stereocenters. The Morgan fingerprint density at radius 2 is 2.22 bits per heavy atom. The van der Waals surface area contributed by atoms with Gasteiger partial charge in [0, 0.05) is 18.8 Å². The standard InChI is InChI=1S/C13H18ClN3O/c14-10-5-6-11(16-8-10)13(18)17-12(7-15)9-3-1-2-4-9/h5-6,8-9,12H,1-4,7,15H2,(H,17,18)/t12-/m1/s1. The van der Waals surface area contributed by atoms with Crippen LogP contribution in [-0.2, 0) is 0 Å². The number of aromatic nitrogens is 1. The van der Waals surface area contributed by atoms with Crippen molar-refractivity contribution in [2.75, 3.05) is 6.54 Å². The second kappa shape index (κ2) is 6.16. The lowest BCUT2D eigenvalue weighted by Gasteiger charge is -2.22. The van der Waals surface area contributed by atoms with Crippen LogP contribution in [0.2, 0.25) is 5.02 Å². The first-order chi connectivity index (χ1) is 8.70. The molecule has 2 rings (SSSR count). The van der Waals surface area contributed by atoms with Gasteiger partial charge >= 0.3 is 0 Å². The highest BCUT2D eigenvalue weighted by atomic mass is 35.5. The van der Waals surface area contributed by atoms with Gasteiger partial charge in [-0.1, -0.05) is 24.4 Å². The summed E-state index contributed by atoms with van der Waals surface area (Å²) in [7, 11) is 0. The summed E-state index contributed by atoms with van der Waals surface area (Å²) in [4.78, 5) is 16.0. The Bertz CT molecular complexity index is 401. The zero-order valence-corrected chi connectivity index (χ0v) is 11.0. The van der Waals surface area contributed by atoms with E-state index in [9.17, 15) is 4.79 Å². The van der Waals surface area contributed by atoms with Crippen molar-refractivity contribution in [1.82, 2.24) is 10.3 Å². The van der Waals surface area contributed by atoms with Gasteiger partial charge in [-0.25, -0.2) is 4.98 Å². The lowest BCUT2D eigenvalue weighted by Crippen LogP contribution is -2.44. The normalized spacial score (nSPS) is 17.7. The molecule has 3 N–H and O–H groups in total. The number of carbonyl (C=O) groups excluding carboxylic acids is 1. The Balaban J connectivity index is 1.98. The van der Waals surface area contributed by atoms with Crippen molar-refractivity contribution in [2.24, 2.45) is 11.7 Å². The van der Waals surface area contributed by atoms with Gasteiger partial charge in [0.1, 0.15) is 5.69 Å². The molecule has 1 saturated carbocycles. The Hall–Kier alpha value is -1.13. The SMILES string of the molecule is NC[C@@H](NC(=O)c1ccc(Cl)cn1)C1CCCC1. The van der Waals surface area contributed by atoms with Crippen molar-refractivity contribution in [3.8, 4) is 0 Å². The summed E-state index contributed by atoms with van der Waals surface area (Å²) < 4.78 is 0. The molecule has 1 aliphatic rings. The molecule has 1 fully saturated rings. The van der Waals surface area contributed by atoms with Gasteiger partial charge in [0.15, 0.2) is 0 Å². The number of rotatable bonds is 4. The molecule has 4 nitrogen and oxygen atoms in total. The van der Waals surface area contributed by atoms with Gasteiger partial charge < -0.3 is 11.1 Å². The summed E-state index contributed by atoms with van der Waals surface area (Å²) >= 11 is 5.74. The largest absolute Gasteiger partial charge is 0.346 e. The number of nitrogens with one attached hydrogen (secondary N) is 1. The molecular weight excluding hydrogens is 250 g/mol. The third-order valence-corrected chi connectivity index (χ3v) is 3.72. The monoisotopic (exact) mass is 267 g/mol. The molecule has 0 aromatic carbocycles. The first-order valence-electron chi connectivity index (χ1n) is 6.33. The molecule has 1 heterocycles. The predicted molar refractivity (Wildman–Crippen MR) is 71.5 cm³/mol. The molecular formula is C13H18ClN3O. The number of hydrogen-bond acceptors (Lipinski definition) is 3. The Labute approximate surface area is 112 Å². The van der Waals surface area contributed by atoms with E-state index in [1.807, 2.05) is 0 Å². The van der Waals surface area contributed by atoms with Crippen molar-refractivity contribution in [2.45, 2.75) is 31.7 Å². The van der Waals surface area contributed by atoms with Crippen LogP contribution in [-0.4, -0.2) is 23.5 Å². The summed E-state index contributed by atoms with van der Waals surface area (Å²) in [5, 5.41) is 3.50. The van der Waals surface area contributed by atoms with Crippen molar-refractivity contribution < 1.29 is 4.79 Å². The van der Waals surface area contributed by atoms with Crippen molar-refractivity contribution in [3.05, 3.63) is 29.0 Å². The van der Waals surface area contributed by atoms with Crippen molar-refractivity contribution in [3.63, 3.8) is 0 Å². The summed E-state index contributed by atoms with van der Waals surface area (Å²) in [5.74, 6) is 0.334. The van der Waals surface area contributed by atoms with Gasteiger partial charge in [0.05, 0.1) is 5.02 Å². The first-order valence-corrected chi connectivity index (χ1v) is 6.71. The second-order valence-electron chi connectivity index (χ2n) is 4.72. The first kappa shape index (κ1) is 13.3. The maximum absolute atomic E-state index is 12.0. The number of hydrogen-bond donors (Lipinski definition) is 2. The molecule has 0 saturated heterocycles. The molecule has 1 aromatic heterocycles. The highest BCUT2D eigenvalue weighted by Gasteiger charge is 2.25. The van der Waals surface area contributed by atoms with E-state index in [1.54, 1.807) is 12.1 Å². The van der Waals surface area contributed by atoms with E-state index in [1.165, 1.54) is 19.0 Å². The van der Waals surface area contributed by atoms with E-state index < -0.39 is 0 Å². The highest BCUT2D eigenvalue weighted by Crippen LogP contribution is 2.27. The number of halogens is 1. The molecule has 0 bridgehead atoms. The Morgan fingerprint density at radius 3 is 2.78 bits per heavy atom. The van der Waals surface area contributed by atoms with E-state index >= 15 is 0 Å². The van der Waals surface area contributed by atoms with Crippen LogP contribution in [0.3, 0.4) is 0 Å². The van der Waals surface area contributed by atoms with Gasteiger partial charge in [-0.15, -0.1) is 0 Å².